The lowest BCUT2D eigenvalue weighted by molar-refractivity contribution is 0.474. The summed E-state index contributed by atoms with van der Waals surface area (Å²) in [6.07, 6.45) is 6.71. The van der Waals surface area contributed by atoms with Crippen LogP contribution in [0.1, 0.15) is 36.0 Å². The van der Waals surface area contributed by atoms with Crippen molar-refractivity contribution in [1.82, 2.24) is 5.32 Å². The van der Waals surface area contributed by atoms with E-state index in [0.717, 1.165) is 38.8 Å². The van der Waals surface area contributed by atoms with Gasteiger partial charge in [0.15, 0.2) is 0 Å². The van der Waals surface area contributed by atoms with Crippen LogP contribution in [0, 0.1) is 0 Å². The second-order valence-electron chi connectivity index (χ2n) is 6.60. The minimum atomic E-state index is 0.366. The summed E-state index contributed by atoms with van der Waals surface area (Å²) < 4.78 is 0. The first kappa shape index (κ1) is 15.2. The summed E-state index contributed by atoms with van der Waals surface area (Å²) in [4.78, 5) is 0. The highest BCUT2D eigenvalue weighted by Gasteiger charge is 2.21. The largest absolute Gasteiger partial charge is 0.508 e. The Morgan fingerprint density at radius 3 is 2.58 bits per heavy atom. The lowest BCUT2D eigenvalue weighted by Gasteiger charge is -2.21. The van der Waals surface area contributed by atoms with E-state index >= 15 is 0 Å². The van der Waals surface area contributed by atoms with Crippen LogP contribution in [0.5, 0.6) is 5.75 Å². The van der Waals surface area contributed by atoms with E-state index < -0.39 is 0 Å². The quantitative estimate of drug-likeness (QED) is 0.857. The lowest BCUT2D eigenvalue weighted by Crippen LogP contribution is -2.21. The zero-order valence-corrected chi connectivity index (χ0v) is 13.9. The van der Waals surface area contributed by atoms with Crippen molar-refractivity contribution in [1.29, 1.82) is 0 Å². The molecule has 0 radical (unpaired) electrons. The molecule has 0 fully saturated rings. The van der Waals surface area contributed by atoms with Gasteiger partial charge in [-0.1, -0.05) is 42.5 Å². The molecule has 0 amide bonds. The van der Waals surface area contributed by atoms with E-state index in [4.69, 9.17) is 0 Å². The Kier molecular flexibility index (Phi) is 4.22. The van der Waals surface area contributed by atoms with Crippen LogP contribution in [0.2, 0.25) is 0 Å². The Labute approximate surface area is 143 Å². The third kappa shape index (κ3) is 2.90. The van der Waals surface area contributed by atoms with Crippen molar-refractivity contribution in [3.63, 3.8) is 0 Å². The Morgan fingerprint density at radius 1 is 0.917 bits per heavy atom. The standard InChI is InChI=1S/C22H23NO/c24-19-9-10-21-18(15-19)7-4-8-20(16-11-13-23-14-12-16)22(21)17-5-2-1-3-6-17/h1-3,5-6,9-11,15,23-24H,4,7-8,12-14H2. The molecule has 0 spiro atoms. The number of allylic oxidation sites excluding steroid dienone is 1. The van der Waals surface area contributed by atoms with Crippen LogP contribution in [0.3, 0.4) is 0 Å². The van der Waals surface area contributed by atoms with E-state index in [2.05, 4.69) is 47.8 Å². The van der Waals surface area contributed by atoms with Crippen molar-refractivity contribution in [2.24, 2.45) is 0 Å². The molecule has 0 bridgehead atoms. The minimum Gasteiger partial charge on any atom is -0.508 e. The van der Waals surface area contributed by atoms with Crippen LogP contribution in [0.4, 0.5) is 0 Å². The second-order valence-corrected chi connectivity index (χ2v) is 6.60. The average Bonchev–Trinajstić information content (AvgIpc) is 2.82. The van der Waals surface area contributed by atoms with E-state index in [0.29, 0.717) is 5.75 Å². The van der Waals surface area contributed by atoms with Gasteiger partial charge >= 0.3 is 0 Å². The van der Waals surface area contributed by atoms with E-state index in [-0.39, 0.29) is 0 Å². The van der Waals surface area contributed by atoms with Crippen LogP contribution < -0.4 is 5.32 Å². The fourth-order valence-corrected chi connectivity index (χ4v) is 3.93. The average molecular weight is 317 g/mol. The van der Waals surface area contributed by atoms with Gasteiger partial charge in [-0.05, 0) is 77.8 Å². The summed E-state index contributed by atoms with van der Waals surface area (Å²) in [5.74, 6) is 0.366. The molecule has 2 nitrogen and oxygen atoms in total. The molecule has 0 unspecified atom stereocenters. The zero-order chi connectivity index (χ0) is 16.4. The van der Waals surface area contributed by atoms with Gasteiger partial charge in [-0.3, -0.25) is 0 Å². The third-order valence-corrected chi connectivity index (χ3v) is 5.05. The number of benzene rings is 2. The SMILES string of the molecule is Oc1ccc2c(c1)CCCC(C1=CCNCC1)=C2c1ccccc1. The maximum Gasteiger partial charge on any atom is 0.115 e. The smallest absolute Gasteiger partial charge is 0.115 e. The van der Waals surface area contributed by atoms with Crippen molar-refractivity contribution < 1.29 is 5.11 Å². The molecule has 2 heteroatoms. The first-order valence-corrected chi connectivity index (χ1v) is 8.84. The van der Waals surface area contributed by atoms with Crippen molar-refractivity contribution in [3.8, 4) is 5.75 Å². The Morgan fingerprint density at radius 2 is 1.79 bits per heavy atom. The summed E-state index contributed by atoms with van der Waals surface area (Å²) in [5, 5.41) is 13.3. The highest BCUT2D eigenvalue weighted by Crippen LogP contribution is 2.39. The number of aryl methyl sites for hydroxylation is 1. The van der Waals surface area contributed by atoms with E-state index in [1.54, 1.807) is 0 Å². The summed E-state index contributed by atoms with van der Waals surface area (Å²) >= 11 is 0. The number of aromatic hydroxyl groups is 1. The topological polar surface area (TPSA) is 32.3 Å². The summed E-state index contributed by atoms with van der Waals surface area (Å²) in [5.41, 5.74) is 8.17. The predicted octanol–water partition coefficient (Wildman–Crippen LogP) is 4.45. The molecule has 0 saturated carbocycles. The lowest BCUT2D eigenvalue weighted by atomic mass is 9.86. The van der Waals surface area contributed by atoms with Gasteiger partial charge in [0, 0.05) is 6.54 Å². The molecule has 2 aromatic carbocycles. The van der Waals surface area contributed by atoms with Crippen LogP contribution in [-0.4, -0.2) is 18.2 Å². The van der Waals surface area contributed by atoms with Crippen molar-refractivity contribution in [2.75, 3.05) is 13.1 Å². The highest BCUT2D eigenvalue weighted by molar-refractivity contribution is 5.86. The predicted molar refractivity (Wildman–Crippen MR) is 99.1 cm³/mol. The monoisotopic (exact) mass is 317 g/mol. The molecule has 4 rings (SSSR count). The highest BCUT2D eigenvalue weighted by atomic mass is 16.3. The first-order valence-electron chi connectivity index (χ1n) is 8.84. The molecule has 1 heterocycles. The van der Waals surface area contributed by atoms with Crippen LogP contribution in [0.15, 0.2) is 65.8 Å². The number of rotatable bonds is 2. The van der Waals surface area contributed by atoms with Crippen molar-refractivity contribution in [3.05, 3.63) is 82.4 Å². The van der Waals surface area contributed by atoms with Crippen molar-refractivity contribution >= 4 is 5.57 Å². The fourth-order valence-electron chi connectivity index (χ4n) is 3.93. The number of phenols is 1. The zero-order valence-electron chi connectivity index (χ0n) is 13.9. The van der Waals surface area contributed by atoms with Gasteiger partial charge in [-0.15, -0.1) is 0 Å². The number of nitrogens with one attached hydrogen (secondary N) is 1. The Balaban J connectivity index is 1.96. The third-order valence-electron chi connectivity index (χ3n) is 5.05. The molecule has 2 N–H and O–H groups in total. The van der Waals surface area contributed by atoms with Crippen molar-refractivity contribution in [2.45, 2.75) is 25.7 Å². The molecule has 2 aromatic rings. The van der Waals surface area contributed by atoms with Gasteiger partial charge in [0.1, 0.15) is 5.75 Å². The molecule has 0 saturated heterocycles. The van der Waals surface area contributed by atoms with E-state index in [1.807, 2.05) is 12.1 Å². The molecular formula is C22H23NO. The summed E-state index contributed by atoms with van der Waals surface area (Å²) in [7, 11) is 0. The number of phenolic OH excluding ortho intramolecular Hbond substituents is 1. The fraction of sp³-hybridized carbons (Fsp3) is 0.273. The number of hydrogen-bond acceptors (Lipinski definition) is 2. The molecular weight excluding hydrogens is 294 g/mol. The molecule has 2 aliphatic rings. The second kappa shape index (κ2) is 6.66. The maximum atomic E-state index is 9.92. The molecule has 0 atom stereocenters. The first-order chi connectivity index (χ1) is 11.8. The molecule has 24 heavy (non-hydrogen) atoms. The molecule has 0 aromatic heterocycles. The summed E-state index contributed by atoms with van der Waals surface area (Å²) in [6.45, 7) is 2.02. The van der Waals surface area contributed by atoms with Crippen LogP contribution in [-0.2, 0) is 6.42 Å². The van der Waals surface area contributed by atoms with Gasteiger partial charge in [-0.2, -0.15) is 0 Å². The molecule has 1 aliphatic carbocycles. The minimum absolute atomic E-state index is 0.366. The normalized spacial score (nSPS) is 17.9. The van der Waals surface area contributed by atoms with Gasteiger partial charge in [-0.25, -0.2) is 0 Å². The van der Waals surface area contributed by atoms with Gasteiger partial charge in [0.2, 0.25) is 0 Å². The number of fused-ring (bicyclic) bond motifs is 1. The van der Waals surface area contributed by atoms with Gasteiger partial charge < -0.3 is 10.4 Å². The number of hydrogen-bond donors (Lipinski definition) is 2. The summed E-state index contributed by atoms with van der Waals surface area (Å²) in [6, 6.07) is 16.6. The maximum absolute atomic E-state index is 9.92. The van der Waals surface area contributed by atoms with Crippen LogP contribution >= 0.6 is 0 Å². The Hall–Kier alpha value is -2.32. The van der Waals surface area contributed by atoms with E-state index in [9.17, 15) is 5.11 Å². The van der Waals surface area contributed by atoms with Gasteiger partial charge in [0.25, 0.3) is 0 Å². The van der Waals surface area contributed by atoms with Gasteiger partial charge in [0.05, 0.1) is 0 Å². The Bertz CT molecular complexity index is 802. The molecule has 122 valence electrons. The van der Waals surface area contributed by atoms with Crippen LogP contribution in [0.25, 0.3) is 5.57 Å². The molecule has 1 aliphatic heterocycles. The van der Waals surface area contributed by atoms with E-state index in [1.165, 1.54) is 33.4 Å².